The first-order valence-corrected chi connectivity index (χ1v) is 9.78. The highest BCUT2D eigenvalue weighted by Crippen LogP contribution is 2.45. The molecule has 1 unspecified atom stereocenters. The van der Waals surface area contributed by atoms with Crippen molar-refractivity contribution in [2.24, 2.45) is 5.41 Å². The molecule has 0 amide bonds. The van der Waals surface area contributed by atoms with E-state index in [0.29, 0.717) is 6.04 Å². The van der Waals surface area contributed by atoms with Crippen LogP contribution in [0, 0.1) is 5.41 Å². The summed E-state index contributed by atoms with van der Waals surface area (Å²) >= 11 is 3.76. The van der Waals surface area contributed by atoms with Gasteiger partial charge in [-0.1, -0.05) is 49.8 Å². The van der Waals surface area contributed by atoms with Crippen LogP contribution in [0.25, 0.3) is 0 Å². The summed E-state index contributed by atoms with van der Waals surface area (Å²) in [5, 5.41) is -0.230. The number of allylic oxidation sites excluding steroid dienone is 9. The summed E-state index contributed by atoms with van der Waals surface area (Å²) in [5.41, 5.74) is 5.03. The highest BCUT2D eigenvalue weighted by molar-refractivity contribution is 7.97. The van der Waals surface area contributed by atoms with Gasteiger partial charge in [0.1, 0.15) is 0 Å². The minimum absolute atomic E-state index is 0.167. The highest BCUT2D eigenvalue weighted by atomic mass is 32.1. The molecule has 0 radical (unpaired) electrons. The Hall–Kier alpha value is -2.07. The maximum Gasteiger partial charge on any atom is 0.209 e. The van der Waals surface area contributed by atoms with Gasteiger partial charge in [0.05, 0.1) is 12.4 Å². The van der Waals surface area contributed by atoms with Gasteiger partial charge in [0, 0.05) is 12.4 Å². The monoisotopic (exact) mass is 382 g/mol. The molecule has 3 nitrogen and oxygen atoms in total. The van der Waals surface area contributed by atoms with Gasteiger partial charge in [-0.2, -0.15) is 0 Å². The third-order valence-corrected chi connectivity index (χ3v) is 5.29. The molecule has 0 fully saturated rings. The van der Waals surface area contributed by atoms with E-state index in [4.69, 9.17) is 0 Å². The second-order valence-corrected chi connectivity index (χ2v) is 8.32. The average molecular weight is 383 g/mol. The van der Waals surface area contributed by atoms with Crippen LogP contribution in [0.1, 0.15) is 53.5 Å². The minimum Gasteiger partial charge on any atom is -0.330 e. The Bertz CT molecular complexity index is 821. The van der Waals surface area contributed by atoms with E-state index < -0.39 is 0 Å². The Labute approximate surface area is 168 Å². The zero-order valence-electron chi connectivity index (χ0n) is 16.9. The molecule has 1 aromatic rings. The zero-order chi connectivity index (χ0) is 20.0. The lowest BCUT2D eigenvalue weighted by atomic mass is 9.71. The molecule has 1 aliphatic rings. The topological polar surface area (TPSA) is 34.9 Å². The van der Waals surface area contributed by atoms with Gasteiger partial charge >= 0.3 is 0 Å². The summed E-state index contributed by atoms with van der Waals surface area (Å²) in [6.45, 7) is 10.9. The number of thiol groups is 1. The van der Waals surface area contributed by atoms with E-state index >= 15 is 0 Å². The van der Waals surface area contributed by atoms with Crippen LogP contribution in [0.15, 0.2) is 77.5 Å². The van der Waals surface area contributed by atoms with Gasteiger partial charge in [0.2, 0.25) is 5.12 Å². The quantitative estimate of drug-likeness (QED) is 0.371. The number of aromatic nitrogens is 2. The second-order valence-electron chi connectivity index (χ2n) is 7.87. The third-order valence-electron chi connectivity index (χ3n) is 5.16. The van der Waals surface area contributed by atoms with E-state index in [2.05, 4.69) is 74.3 Å². The Morgan fingerprint density at radius 1 is 1.30 bits per heavy atom. The summed E-state index contributed by atoms with van der Waals surface area (Å²) in [5.74, 6) is 0. The van der Waals surface area contributed by atoms with Crippen molar-refractivity contribution in [3.05, 3.63) is 77.5 Å². The van der Waals surface area contributed by atoms with Crippen LogP contribution in [-0.4, -0.2) is 14.7 Å². The summed E-state index contributed by atoms with van der Waals surface area (Å²) in [6, 6.07) is 0.385. The molecule has 0 spiro atoms. The van der Waals surface area contributed by atoms with E-state index in [9.17, 15) is 4.79 Å². The number of imidazole rings is 1. The maximum absolute atomic E-state index is 10.9. The summed E-state index contributed by atoms with van der Waals surface area (Å²) in [6.07, 6.45) is 20.0. The van der Waals surface area contributed by atoms with Crippen molar-refractivity contribution < 1.29 is 4.79 Å². The number of hydrogen-bond donors (Lipinski definition) is 1. The van der Waals surface area contributed by atoms with E-state index in [-0.39, 0.29) is 10.5 Å². The molecule has 1 heterocycles. The molecule has 1 aliphatic carbocycles. The fourth-order valence-corrected chi connectivity index (χ4v) is 3.81. The fourth-order valence-electron chi connectivity index (χ4n) is 3.61. The molecule has 27 heavy (non-hydrogen) atoms. The lowest BCUT2D eigenvalue weighted by molar-refractivity contribution is -0.106. The largest absolute Gasteiger partial charge is 0.330 e. The molecule has 144 valence electrons. The predicted molar refractivity (Wildman–Crippen MR) is 117 cm³/mol. The van der Waals surface area contributed by atoms with Gasteiger partial charge in [-0.25, -0.2) is 4.98 Å². The van der Waals surface area contributed by atoms with E-state index in [0.717, 1.165) is 24.0 Å². The molecule has 0 aliphatic heterocycles. The predicted octanol–water partition coefficient (Wildman–Crippen LogP) is 6.02. The number of carbonyl (C=O) groups is 1. The highest BCUT2D eigenvalue weighted by Gasteiger charge is 2.32. The van der Waals surface area contributed by atoms with Crippen molar-refractivity contribution in [2.75, 3.05) is 0 Å². The van der Waals surface area contributed by atoms with Crippen LogP contribution in [-0.2, 0) is 4.79 Å². The summed E-state index contributed by atoms with van der Waals surface area (Å²) in [7, 11) is 0. The molecule has 1 aromatic heterocycles. The standard InChI is InChI=1S/C23H30N2OS/c1-17(7-6-8-18(2)15-22(26)27)9-10-20-19(3)21(11-12-23(20,4)5)25-14-13-24-16-25/h6-10,13-16,21H,11-12H2,1-5H3,(H,26,27)/b8-6+,10-9+,17-7+,18-15+. The smallest absolute Gasteiger partial charge is 0.209 e. The average Bonchev–Trinajstić information content (AvgIpc) is 3.07. The molecule has 0 saturated carbocycles. The third kappa shape index (κ3) is 5.96. The van der Waals surface area contributed by atoms with Gasteiger partial charge in [0.25, 0.3) is 0 Å². The Balaban J connectivity index is 2.21. The van der Waals surface area contributed by atoms with Crippen molar-refractivity contribution in [1.29, 1.82) is 0 Å². The van der Waals surface area contributed by atoms with Crippen molar-refractivity contribution >= 4 is 17.7 Å². The minimum atomic E-state index is -0.230. The Kier molecular flexibility index (Phi) is 7.25. The van der Waals surface area contributed by atoms with E-state index in [1.165, 1.54) is 17.2 Å². The lowest BCUT2D eigenvalue weighted by Crippen LogP contribution is -2.25. The van der Waals surface area contributed by atoms with Crippen molar-refractivity contribution in [3.8, 4) is 0 Å². The fraction of sp³-hybridized carbons (Fsp3) is 0.391. The van der Waals surface area contributed by atoms with E-state index in [1.807, 2.05) is 31.6 Å². The molecule has 2 rings (SSSR count). The Morgan fingerprint density at radius 3 is 2.67 bits per heavy atom. The molecule has 1 atom stereocenters. The van der Waals surface area contributed by atoms with Crippen LogP contribution in [0.5, 0.6) is 0 Å². The summed E-state index contributed by atoms with van der Waals surface area (Å²) < 4.78 is 2.21. The van der Waals surface area contributed by atoms with Crippen LogP contribution < -0.4 is 0 Å². The normalized spacial score (nSPS) is 21.5. The molecule has 0 N–H and O–H groups in total. The first kappa shape index (κ1) is 21.2. The maximum atomic E-state index is 10.9. The van der Waals surface area contributed by atoms with Crippen molar-refractivity contribution in [3.63, 3.8) is 0 Å². The van der Waals surface area contributed by atoms with Crippen LogP contribution in [0.3, 0.4) is 0 Å². The molecule has 0 saturated heterocycles. The van der Waals surface area contributed by atoms with E-state index in [1.54, 1.807) is 0 Å². The second kappa shape index (κ2) is 9.23. The Morgan fingerprint density at radius 2 is 2.04 bits per heavy atom. The number of rotatable bonds is 6. The molecule has 0 aromatic carbocycles. The van der Waals surface area contributed by atoms with Crippen LogP contribution in [0.2, 0.25) is 0 Å². The first-order chi connectivity index (χ1) is 12.7. The zero-order valence-corrected chi connectivity index (χ0v) is 17.8. The molecular weight excluding hydrogens is 352 g/mol. The number of hydrogen-bond acceptors (Lipinski definition) is 2. The first-order valence-electron chi connectivity index (χ1n) is 9.33. The van der Waals surface area contributed by atoms with Gasteiger partial charge < -0.3 is 4.57 Å². The van der Waals surface area contributed by atoms with Crippen molar-refractivity contribution in [1.82, 2.24) is 9.55 Å². The van der Waals surface area contributed by atoms with Crippen LogP contribution in [0.4, 0.5) is 0 Å². The number of nitrogens with zero attached hydrogens (tertiary/aromatic N) is 2. The summed E-state index contributed by atoms with van der Waals surface area (Å²) in [4.78, 5) is 15.2. The number of carbonyl (C=O) groups excluding carboxylic acids is 1. The van der Waals surface area contributed by atoms with Crippen molar-refractivity contribution in [2.45, 2.75) is 53.5 Å². The van der Waals surface area contributed by atoms with Gasteiger partial charge in [-0.3, -0.25) is 4.79 Å². The molecular formula is C23H30N2OS. The van der Waals surface area contributed by atoms with Crippen LogP contribution >= 0.6 is 12.6 Å². The van der Waals surface area contributed by atoms with Gasteiger partial charge in [0.15, 0.2) is 0 Å². The molecule has 4 heteroatoms. The van der Waals surface area contributed by atoms with Gasteiger partial charge in [-0.05, 0) is 61.8 Å². The lowest BCUT2D eigenvalue weighted by Gasteiger charge is -2.37. The molecule has 0 bridgehead atoms. The van der Waals surface area contributed by atoms with Gasteiger partial charge in [-0.15, -0.1) is 12.6 Å². The SMILES string of the molecule is CC1=C(/C=C/C(C)=C/C=C/C(C)=C/C(=O)S)C(C)(C)CCC1n1ccnc1.